The molecule has 5 heteroatoms. The van der Waals surface area contributed by atoms with E-state index in [1.807, 2.05) is 11.6 Å². The third kappa shape index (κ3) is 3.54. The summed E-state index contributed by atoms with van der Waals surface area (Å²) >= 11 is 6.44. The first-order chi connectivity index (χ1) is 9.43. The topological polar surface area (TPSA) is 53.1 Å². The molecule has 0 fully saturated rings. The smallest absolute Gasteiger partial charge is 0.0850 e. The average molecular weight is 302 g/mol. The quantitative estimate of drug-likeness (QED) is 0.802. The maximum absolute atomic E-state index is 6.44. The predicted molar refractivity (Wildman–Crippen MR) is 84.3 cm³/mol. The molecule has 0 saturated carbocycles. The van der Waals surface area contributed by atoms with E-state index in [4.69, 9.17) is 22.1 Å². The number of nitrogens with zero attached hydrogens (tertiary/aromatic N) is 2. The van der Waals surface area contributed by atoms with Gasteiger partial charge in [-0.2, -0.15) is 5.10 Å². The molecule has 1 aromatic heterocycles. The lowest BCUT2D eigenvalue weighted by atomic mass is 9.90. The molecule has 2 N–H and O–H groups in total. The Morgan fingerprint density at radius 1 is 1.35 bits per heavy atom. The second-order valence-electron chi connectivity index (χ2n) is 5.29. The first kappa shape index (κ1) is 17.5. The van der Waals surface area contributed by atoms with Gasteiger partial charge in [-0.15, -0.1) is 0 Å². The van der Waals surface area contributed by atoms with Crippen LogP contribution >= 0.6 is 11.6 Å². The van der Waals surface area contributed by atoms with E-state index in [0.29, 0.717) is 13.0 Å². The largest absolute Gasteiger partial charge is 0.374 e. The molecule has 2 atom stereocenters. The van der Waals surface area contributed by atoms with Crippen molar-refractivity contribution in [2.75, 3.05) is 6.61 Å². The lowest BCUT2D eigenvalue weighted by Crippen LogP contribution is -2.49. The highest BCUT2D eigenvalue weighted by Gasteiger charge is 2.32. The standard InChI is InChI=1S/C15H28ClN3O/c1-6-11-14(16)12(19(8-3)18-11)10-13(17)15(5,7-2)20-9-4/h13H,6-10,17H2,1-5H3. The Kier molecular flexibility index (Phi) is 6.49. The predicted octanol–water partition coefficient (Wildman–Crippen LogP) is 3.19. The number of rotatable bonds is 8. The number of hydrogen-bond acceptors (Lipinski definition) is 3. The third-order valence-corrected chi connectivity index (χ3v) is 4.50. The van der Waals surface area contributed by atoms with Crippen LogP contribution in [0.2, 0.25) is 5.02 Å². The fourth-order valence-corrected chi connectivity index (χ4v) is 2.78. The van der Waals surface area contributed by atoms with Gasteiger partial charge in [0.15, 0.2) is 0 Å². The Morgan fingerprint density at radius 3 is 2.45 bits per heavy atom. The number of aryl methyl sites for hydroxylation is 2. The molecule has 20 heavy (non-hydrogen) atoms. The molecule has 116 valence electrons. The molecular weight excluding hydrogens is 274 g/mol. The molecule has 0 saturated heterocycles. The zero-order valence-corrected chi connectivity index (χ0v) is 14.1. The van der Waals surface area contributed by atoms with Crippen molar-refractivity contribution < 1.29 is 4.74 Å². The molecule has 1 rings (SSSR count). The van der Waals surface area contributed by atoms with Crippen LogP contribution in [0.4, 0.5) is 0 Å². The van der Waals surface area contributed by atoms with E-state index in [0.717, 1.165) is 35.8 Å². The maximum Gasteiger partial charge on any atom is 0.0850 e. The summed E-state index contributed by atoms with van der Waals surface area (Å²) in [7, 11) is 0. The van der Waals surface area contributed by atoms with Crippen molar-refractivity contribution in [1.29, 1.82) is 0 Å². The zero-order valence-electron chi connectivity index (χ0n) is 13.4. The summed E-state index contributed by atoms with van der Waals surface area (Å²) in [4.78, 5) is 0. The van der Waals surface area contributed by atoms with Crippen LogP contribution in [-0.2, 0) is 24.1 Å². The number of nitrogens with two attached hydrogens (primary N) is 1. The van der Waals surface area contributed by atoms with Gasteiger partial charge in [0.05, 0.1) is 22.0 Å². The molecule has 0 aromatic carbocycles. The summed E-state index contributed by atoms with van der Waals surface area (Å²) in [5, 5.41) is 5.31. The number of halogens is 1. The van der Waals surface area contributed by atoms with Crippen molar-refractivity contribution in [2.45, 2.75) is 72.1 Å². The van der Waals surface area contributed by atoms with E-state index < -0.39 is 0 Å². The highest BCUT2D eigenvalue weighted by Crippen LogP contribution is 2.27. The van der Waals surface area contributed by atoms with Crippen LogP contribution in [0.15, 0.2) is 0 Å². The van der Waals surface area contributed by atoms with E-state index >= 15 is 0 Å². The SMILES string of the molecule is CCOC(C)(CC)C(N)Cc1c(Cl)c(CC)nn1CC. The van der Waals surface area contributed by atoms with Gasteiger partial charge in [-0.1, -0.05) is 25.4 Å². The monoisotopic (exact) mass is 301 g/mol. The van der Waals surface area contributed by atoms with Gasteiger partial charge in [0.1, 0.15) is 0 Å². The van der Waals surface area contributed by atoms with Crippen LogP contribution in [-0.4, -0.2) is 28.0 Å². The lowest BCUT2D eigenvalue weighted by Gasteiger charge is -2.34. The van der Waals surface area contributed by atoms with Crippen LogP contribution in [0.25, 0.3) is 0 Å². The first-order valence-corrected chi connectivity index (χ1v) is 7.94. The van der Waals surface area contributed by atoms with Gasteiger partial charge >= 0.3 is 0 Å². The minimum absolute atomic E-state index is 0.100. The molecule has 0 spiro atoms. The zero-order chi connectivity index (χ0) is 15.3. The maximum atomic E-state index is 6.44. The van der Waals surface area contributed by atoms with E-state index in [9.17, 15) is 0 Å². The second-order valence-corrected chi connectivity index (χ2v) is 5.66. The Morgan fingerprint density at radius 2 is 2.00 bits per heavy atom. The van der Waals surface area contributed by atoms with Crippen molar-refractivity contribution in [3.8, 4) is 0 Å². The van der Waals surface area contributed by atoms with E-state index in [1.165, 1.54) is 0 Å². The highest BCUT2D eigenvalue weighted by atomic mass is 35.5. The first-order valence-electron chi connectivity index (χ1n) is 7.56. The third-order valence-electron chi connectivity index (χ3n) is 4.07. The van der Waals surface area contributed by atoms with Crippen molar-refractivity contribution in [2.24, 2.45) is 5.73 Å². The van der Waals surface area contributed by atoms with Crippen molar-refractivity contribution >= 4 is 11.6 Å². The van der Waals surface area contributed by atoms with Gasteiger partial charge in [-0.05, 0) is 33.6 Å². The Bertz CT molecular complexity index is 433. The molecule has 0 aliphatic heterocycles. The van der Waals surface area contributed by atoms with Gasteiger partial charge in [-0.25, -0.2) is 0 Å². The van der Waals surface area contributed by atoms with Crippen molar-refractivity contribution in [3.05, 3.63) is 16.4 Å². The van der Waals surface area contributed by atoms with Crippen LogP contribution in [0.1, 0.15) is 52.4 Å². The van der Waals surface area contributed by atoms with Gasteiger partial charge < -0.3 is 10.5 Å². The fourth-order valence-electron chi connectivity index (χ4n) is 2.44. The molecule has 0 aliphatic rings. The summed E-state index contributed by atoms with van der Waals surface area (Å²) in [6, 6.07) is -0.100. The normalized spacial score (nSPS) is 16.1. The Hall–Kier alpha value is -0.580. The average Bonchev–Trinajstić information content (AvgIpc) is 2.75. The number of hydrogen-bond donors (Lipinski definition) is 1. The lowest BCUT2D eigenvalue weighted by molar-refractivity contribution is -0.0464. The van der Waals surface area contributed by atoms with E-state index in [1.54, 1.807) is 0 Å². The van der Waals surface area contributed by atoms with Crippen LogP contribution in [0, 0.1) is 0 Å². The van der Waals surface area contributed by atoms with Gasteiger partial charge in [-0.3, -0.25) is 4.68 Å². The van der Waals surface area contributed by atoms with Crippen LogP contribution in [0.3, 0.4) is 0 Å². The molecule has 0 radical (unpaired) electrons. The van der Waals surface area contributed by atoms with E-state index in [-0.39, 0.29) is 11.6 Å². The fraction of sp³-hybridized carbons (Fsp3) is 0.800. The Balaban J connectivity index is 3.00. The molecule has 0 aliphatic carbocycles. The molecule has 4 nitrogen and oxygen atoms in total. The Labute approximate surface area is 127 Å². The number of aromatic nitrogens is 2. The minimum atomic E-state index is -0.326. The second kappa shape index (κ2) is 7.43. The highest BCUT2D eigenvalue weighted by molar-refractivity contribution is 6.31. The summed E-state index contributed by atoms with van der Waals surface area (Å²) in [6.45, 7) is 11.8. The summed E-state index contributed by atoms with van der Waals surface area (Å²) in [5.41, 5.74) is 8.05. The van der Waals surface area contributed by atoms with Crippen LogP contribution in [0.5, 0.6) is 0 Å². The van der Waals surface area contributed by atoms with Gasteiger partial charge in [0.2, 0.25) is 0 Å². The van der Waals surface area contributed by atoms with Crippen molar-refractivity contribution in [1.82, 2.24) is 9.78 Å². The molecule has 2 unspecified atom stereocenters. The number of ether oxygens (including phenoxy) is 1. The summed E-state index contributed by atoms with van der Waals surface area (Å²) in [5.74, 6) is 0. The van der Waals surface area contributed by atoms with Gasteiger partial charge in [0.25, 0.3) is 0 Å². The molecular formula is C15H28ClN3O. The van der Waals surface area contributed by atoms with E-state index in [2.05, 4.69) is 32.8 Å². The van der Waals surface area contributed by atoms with Crippen LogP contribution < -0.4 is 5.73 Å². The van der Waals surface area contributed by atoms with Gasteiger partial charge in [0, 0.05) is 25.6 Å². The van der Waals surface area contributed by atoms with Crippen molar-refractivity contribution in [3.63, 3.8) is 0 Å². The summed E-state index contributed by atoms with van der Waals surface area (Å²) in [6.07, 6.45) is 2.40. The minimum Gasteiger partial charge on any atom is -0.374 e. The molecule has 0 bridgehead atoms. The molecule has 0 amide bonds. The molecule has 1 heterocycles. The summed E-state index contributed by atoms with van der Waals surface area (Å²) < 4.78 is 7.82. The molecule has 1 aromatic rings.